The molecule has 0 aromatic heterocycles. The first-order chi connectivity index (χ1) is 7.92. The molecule has 4 N–H and O–H groups in total. The maximum absolute atomic E-state index is 11.4. The molecular formula is C10H19N3O4. The molecule has 0 heterocycles. The standard InChI is InChI=1S/C10H19N3O4/c1-4-5-7(9(15)16)13-10(17)12-6(2)8(14)11-3/h6-7H,4-5H2,1-3H3,(H,11,14)(H,15,16)(H2,12,13,17)/t6?,7-/m1/s1. The fraction of sp³-hybridized carbons (Fsp3) is 0.700. The van der Waals surface area contributed by atoms with Crippen molar-refractivity contribution in [1.82, 2.24) is 16.0 Å². The summed E-state index contributed by atoms with van der Waals surface area (Å²) in [5, 5.41) is 15.8. The minimum atomic E-state index is -1.09. The van der Waals surface area contributed by atoms with Crippen molar-refractivity contribution in [3.8, 4) is 0 Å². The molecule has 0 fully saturated rings. The van der Waals surface area contributed by atoms with Gasteiger partial charge < -0.3 is 21.1 Å². The Morgan fingerprint density at radius 1 is 1.24 bits per heavy atom. The van der Waals surface area contributed by atoms with Crippen LogP contribution in [0, 0.1) is 0 Å². The van der Waals surface area contributed by atoms with Crippen LogP contribution in [0.3, 0.4) is 0 Å². The number of urea groups is 1. The molecule has 2 atom stereocenters. The van der Waals surface area contributed by atoms with Crippen LogP contribution in [0.5, 0.6) is 0 Å². The van der Waals surface area contributed by atoms with Gasteiger partial charge in [0.1, 0.15) is 12.1 Å². The molecule has 1 unspecified atom stereocenters. The first-order valence-corrected chi connectivity index (χ1v) is 5.43. The lowest BCUT2D eigenvalue weighted by Crippen LogP contribution is -2.51. The summed E-state index contributed by atoms with van der Waals surface area (Å²) >= 11 is 0. The van der Waals surface area contributed by atoms with Crippen LogP contribution in [0.25, 0.3) is 0 Å². The number of carbonyl (C=O) groups is 3. The molecule has 0 aliphatic carbocycles. The molecule has 17 heavy (non-hydrogen) atoms. The molecule has 7 heteroatoms. The van der Waals surface area contributed by atoms with Gasteiger partial charge >= 0.3 is 12.0 Å². The molecule has 0 rings (SSSR count). The van der Waals surface area contributed by atoms with Crippen LogP contribution < -0.4 is 16.0 Å². The fourth-order valence-electron chi connectivity index (χ4n) is 1.22. The van der Waals surface area contributed by atoms with Crippen molar-refractivity contribution in [2.45, 2.75) is 38.8 Å². The van der Waals surface area contributed by atoms with Crippen molar-refractivity contribution in [3.05, 3.63) is 0 Å². The van der Waals surface area contributed by atoms with Gasteiger partial charge in [0.25, 0.3) is 0 Å². The average Bonchev–Trinajstić information content (AvgIpc) is 2.26. The molecule has 0 aromatic rings. The number of carboxylic acid groups (broad SMARTS) is 1. The van der Waals surface area contributed by atoms with E-state index < -0.39 is 24.1 Å². The zero-order valence-corrected chi connectivity index (χ0v) is 10.2. The average molecular weight is 245 g/mol. The van der Waals surface area contributed by atoms with E-state index in [2.05, 4.69) is 16.0 Å². The highest BCUT2D eigenvalue weighted by molar-refractivity contribution is 5.88. The van der Waals surface area contributed by atoms with Gasteiger partial charge in [0.2, 0.25) is 5.91 Å². The van der Waals surface area contributed by atoms with E-state index in [0.717, 1.165) is 0 Å². The van der Waals surface area contributed by atoms with Gasteiger partial charge in [0.15, 0.2) is 0 Å². The van der Waals surface area contributed by atoms with Crippen LogP contribution in [0.4, 0.5) is 4.79 Å². The Balaban J connectivity index is 4.23. The Kier molecular flexibility index (Phi) is 6.69. The molecule has 0 aromatic carbocycles. The van der Waals surface area contributed by atoms with Gasteiger partial charge in [-0.25, -0.2) is 9.59 Å². The highest BCUT2D eigenvalue weighted by Crippen LogP contribution is 1.96. The number of carboxylic acids is 1. The number of amides is 3. The summed E-state index contributed by atoms with van der Waals surface area (Å²) < 4.78 is 0. The first-order valence-electron chi connectivity index (χ1n) is 5.43. The Labute approximate surface area is 100.0 Å². The van der Waals surface area contributed by atoms with Gasteiger partial charge in [-0.15, -0.1) is 0 Å². The summed E-state index contributed by atoms with van der Waals surface area (Å²) in [5.74, 6) is -1.43. The predicted molar refractivity (Wildman–Crippen MR) is 61.5 cm³/mol. The van der Waals surface area contributed by atoms with E-state index in [9.17, 15) is 14.4 Å². The summed E-state index contributed by atoms with van der Waals surface area (Å²) in [7, 11) is 1.45. The smallest absolute Gasteiger partial charge is 0.326 e. The van der Waals surface area contributed by atoms with Crippen molar-refractivity contribution in [1.29, 1.82) is 0 Å². The number of hydrogen-bond acceptors (Lipinski definition) is 3. The molecule has 98 valence electrons. The van der Waals surface area contributed by atoms with E-state index in [4.69, 9.17) is 5.11 Å². The summed E-state index contributed by atoms with van der Waals surface area (Å²) in [6.07, 6.45) is 0.985. The maximum Gasteiger partial charge on any atom is 0.326 e. The number of rotatable bonds is 6. The zero-order valence-electron chi connectivity index (χ0n) is 10.2. The number of aliphatic carboxylic acids is 1. The van der Waals surface area contributed by atoms with Crippen LogP contribution >= 0.6 is 0 Å². The van der Waals surface area contributed by atoms with Crippen LogP contribution in [-0.2, 0) is 9.59 Å². The predicted octanol–water partition coefficient (Wildman–Crippen LogP) is -0.327. The SMILES string of the molecule is CCC[C@@H](NC(=O)NC(C)C(=O)NC)C(=O)O. The van der Waals surface area contributed by atoms with E-state index in [-0.39, 0.29) is 5.91 Å². The lowest BCUT2D eigenvalue weighted by atomic mass is 10.2. The third-order valence-corrected chi connectivity index (χ3v) is 2.17. The third kappa shape index (κ3) is 5.74. The van der Waals surface area contributed by atoms with Crippen LogP contribution in [-0.4, -0.2) is 42.1 Å². The Morgan fingerprint density at radius 2 is 1.82 bits per heavy atom. The number of carbonyl (C=O) groups excluding carboxylic acids is 2. The van der Waals surface area contributed by atoms with E-state index in [1.165, 1.54) is 14.0 Å². The molecule has 0 radical (unpaired) electrons. The second-order valence-corrected chi connectivity index (χ2v) is 3.63. The highest BCUT2D eigenvalue weighted by atomic mass is 16.4. The zero-order chi connectivity index (χ0) is 13.4. The summed E-state index contributed by atoms with van der Waals surface area (Å²) in [4.78, 5) is 33.3. The minimum Gasteiger partial charge on any atom is -0.480 e. The molecule has 7 nitrogen and oxygen atoms in total. The Bertz CT molecular complexity index is 293. The number of nitrogens with one attached hydrogen (secondary N) is 3. The lowest BCUT2D eigenvalue weighted by Gasteiger charge is -2.17. The second-order valence-electron chi connectivity index (χ2n) is 3.63. The van der Waals surface area contributed by atoms with E-state index >= 15 is 0 Å². The fourth-order valence-corrected chi connectivity index (χ4v) is 1.22. The normalized spacial score (nSPS) is 13.4. The van der Waals surface area contributed by atoms with Crippen molar-refractivity contribution in [2.24, 2.45) is 0 Å². The van der Waals surface area contributed by atoms with Gasteiger partial charge in [-0.05, 0) is 13.3 Å². The van der Waals surface area contributed by atoms with Crippen molar-refractivity contribution in [3.63, 3.8) is 0 Å². The number of hydrogen-bond donors (Lipinski definition) is 4. The lowest BCUT2D eigenvalue weighted by molar-refractivity contribution is -0.139. The monoisotopic (exact) mass is 245 g/mol. The largest absolute Gasteiger partial charge is 0.480 e. The molecular weight excluding hydrogens is 226 g/mol. The molecule has 0 spiro atoms. The molecule has 0 aliphatic rings. The number of likely N-dealkylation sites (N-methyl/N-ethyl adjacent to an activating group) is 1. The highest BCUT2D eigenvalue weighted by Gasteiger charge is 2.20. The molecule has 0 saturated carbocycles. The Hall–Kier alpha value is -1.79. The molecule has 3 amide bonds. The van der Waals surface area contributed by atoms with Gasteiger partial charge in [0.05, 0.1) is 0 Å². The minimum absolute atomic E-state index is 0.344. The van der Waals surface area contributed by atoms with Crippen molar-refractivity contribution in [2.75, 3.05) is 7.05 Å². The quantitative estimate of drug-likeness (QED) is 0.514. The van der Waals surface area contributed by atoms with E-state index in [0.29, 0.717) is 12.8 Å². The summed E-state index contributed by atoms with van der Waals surface area (Å²) in [6.45, 7) is 3.33. The van der Waals surface area contributed by atoms with E-state index in [1.807, 2.05) is 6.92 Å². The van der Waals surface area contributed by atoms with Crippen LogP contribution in [0.15, 0.2) is 0 Å². The van der Waals surface area contributed by atoms with Gasteiger partial charge in [-0.1, -0.05) is 13.3 Å². The van der Waals surface area contributed by atoms with Crippen LogP contribution in [0.2, 0.25) is 0 Å². The molecule has 0 aliphatic heterocycles. The van der Waals surface area contributed by atoms with Crippen molar-refractivity contribution < 1.29 is 19.5 Å². The molecule has 0 saturated heterocycles. The van der Waals surface area contributed by atoms with Crippen LogP contribution in [0.1, 0.15) is 26.7 Å². The summed E-state index contributed by atoms with van der Waals surface area (Å²) in [5.41, 5.74) is 0. The van der Waals surface area contributed by atoms with Gasteiger partial charge in [-0.3, -0.25) is 4.79 Å². The van der Waals surface area contributed by atoms with Gasteiger partial charge in [-0.2, -0.15) is 0 Å². The van der Waals surface area contributed by atoms with E-state index in [1.54, 1.807) is 0 Å². The van der Waals surface area contributed by atoms with Gasteiger partial charge in [0, 0.05) is 7.05 Å². The second kappa shape index (κ2) is 7.48. The third-order valence-electron chi connectivity index (χ3n) is 2.17. The topological polar surface area (TPSA) is 108 Å². The van der Waals surface area contributed by atoms with Crippen molar-refractivity contribution >= 4 is 17.9 Å². The summed E-state index contributed by atoms with van der Waals surface area (Å²) in [6, 6.07) is -2.31. The maximum atomic E-state index is 11.4. The Morgan fingerprint density at radius 3 is 2.24 bits per heavy atom. The first kappa shape index (κ1) is 15.2. The molecule has 0 bridgehead atoms.